The van der Waals surface area contributed by atoms with E-state index in [0.29, 0.717) is 16.3 Å². The van der Waals surface area contributed by atoms with Gasteiger partial charge in [-0.2, -0.15) is 0 Å². The molecule has 0 fully saturated rings. The Hall–Kier alpha value is -0.580. The molecule has 0 aliphatic heterocycles. The van der Waals surface area contributed by atoms with Crippen LogP contribution < -0.4 is 5.32 Å². The molecule has 1 aromatic heterocycles. The fraction of sp³-hybridized carbons (Fsp3) is 0.545. The Balaban J connectivity index is 2.65. The van der Waals surface area contributed by atoms with Crippen LogP contribution in [0.2, 0.25) is 5.02 Å². The van der Waals surface area contributed by atoms with E-state index in [4.69, 9.17) is 16.7 Å². The van der Waals surface area contributed by atoms with E-state index < -0.39 is 0 Å². The molecule has 0 spiro atoms. The van der Waals surface area contributed by atoms with E-state index in [1.807, 2.05) is 13.8 Å². The molecule has 1 unspecified atom stereocenters. The predicted octanol–water partition coefficient (Wildman–Crippen LogP) is 2.54. The van der Waals surface area contributed by atoms with Crippen molar-refractivity contribution in [3.63, 3.8) is 0 Å². The Bertz CT molecular complexity index is 352. The first kappa shape index (κ1) is 13.5. The first-order valence-corrected chi connectivity index (χ1v) is 6.46. The lowest BCUT2D eigenvalue weighted by atomic mass is 10.0. The number of amides is 1. The van der Waals surface area contributed by atoms with Gasteiger partial charge in [0, 0.05) is 12.6 Å². The second-order valence-electron chi connectivity index (χ2n) is 3.93. The van der Waals surface area contributed by atoms with Gasteiger partial charge in [0.05, 0.1) is 5.02 Å². The summed E-state index contributed by atoms with van der Waals surface area (Å²) in [6.07, 6.45) is 0.562. The first-order valence-electron chi connectivity index (χ1n) is 5.21. The molecule has 0 aliphatic rings. The molecule has 0 radical (unpaired) electrons. The zero-order chi connectivity index (χ0) is 12.1. The summed E-state index contributed by atoms with van der Waals surface area (Å²) in [7, 11) is 0. The van der Waals surface area contributed by atoms with Crippen LogP contribution >= 0.6 is 22.9 Å². The minimum absolute atomic E-state index is 0.0179. The predicted molar refractivity (Wildman–Crippen MR) is 67.1 cm³/mol. The van der Waals surface area contributed by atoms with Crippen molar-refractivity contribution in [3.8, 4) is 0 Å². The third-order valence-corrected chi connectivity index (χ3v) is 3.72. The number of thiophene rings is 1. The lowest BCUT2D eigenvalue weighted by Crippen LogP contribution is -2.38. The maximum absolute atomic E-state index is 11.8. The Morgan fingerprint density at radius 1 is 1.62 bits per heavy atom. The standard InChI is InChI=1S/C11H16ClNO2S/c1-7(2)9(3-5-14)13-11(15)10-8(12)4-6-16-10/h4,6-7,9,14H,3,5H2,1-2H3,(H,13,15). The second-order valence-corrected chi connectivity index (χ2v) is 5.26. The Labute approximate surface area is 104 Å². The van der Waals surface area contributed by atoms with Gasteiger partial charge in [0.15, 0.2) is 0 Å². The minimum atomic E-state index is -0.160. The molecule has 90 valence electrons. The van der Waals surface area contributed by atoms with E-state index >= 15 is 0 Å². The molecule has 0 saturated carbocycles. The second kappa shape index (κ2) is 6.23. The number of nitrogens with one attached hydrogen (secondary N) is 1. The molecule has 0 bridgehead atoms. The van der Waals surface area contributed by atoms with Crippen molar-refractivity contribution in [3.05, 3.63) is 21.3 Å². The van der Waals surface area contributed by atoms with Gasteiger partial charge in [-0.15, -0.1) is 11.3 Å². The molecule has 1 amide bonds. The van der Waals surface area contributed by atoms with E-state index in [2.05, 4.69) is 5.32 Å². The normalized spacial score (nSPS) is 12.8. The van der Waals surface area contributed by atoms with Gasteiger partial charge in [-0.1, -0.05) is 25.4 Å². The summed E-state index contributed by atoms with van der Waals surface area (Å²) in [4.78, 5) is 12.4. The number of rotatable bonds is 5. The van der Waals surface area contributed by atoms with E-state index in [9.17, 15) is 4.79 Å². The molecular weight excluding hydrogens is 246 g/mol. The topological polar surface area (TPSA) is 49.3 Å². The Morgan fingerprint density at radius 3 is 2.75 bits per heavy atom. The van der Waals surface area contributed by atoms with Crippen LogP contribution in [-0.4, -0.2) is 23.7 Å². The van der Waals surface area contributed by atoms with E-state index in [1.165, 1.54) is 11.3 Å². The highest BCUT2D eigenvalue weighted by molar-refractivity contribution is 7.12. The van der Waals surface area contributed by atoms with Crippen molar-refractivity contribution in [1.29, 1.82) is 0 Å². The third-order valence-electron chi connectivity index (χ3n) is 2.38. The maximum Gasteiger partial charge on any atom is 0.263 e. The maximum atomic E-state index is 11.8. The average molecular weight is 262 g/mol. The van der Waals surface area contributed by atoms with Crippen LogP contribution in [0.4, 0.5) is 0 Å². The van der Waals surface area contributed by atoms with Crippen molar-refractivity contribution in [2.24, 2.45) is 5.92 Å². The summed E-state index contributed by atoms with van der Waals surface area (Å²) in [5.41, 5.74) is 0. The summed E-state index contributed by atoms with van der Waals surface area (Å²) < 4.78 is 0. The van der Waals surface area contributed by atoms with Gasteiger partial charge >= 0.3 is 0 Å². The molecule has 0 aliphatic carbocycles. The molecular formula is C11H16ClNO2S. The highest BCUT2D eigenvalue weighted by Crippen LogP contribution is 2.22. The first-order chi connectivity index (χ1) is 7.56. The lowest BCUT2D eigenvalue weighted by molar-refractivity contribution is 0.0921. The third kappa shape index (κ3) is 3.47. The highest BCUT2D eigenvalue weighted by atomic mass is 35.5. The largest absolute Gasteiger partial charge is 0.396 e. The van der Waals surface area contributed by atoms with Crippen LogP contribution in [0.25, 0.3) is 0 Å². The Morgan fingerprint density at radius 2 is 2.31 bits per heavy atom. The van der Waals surface area contributed by atoms with Crippen LogP contribution in [0.1, 0.15) is 29.9 Å². The molecule has 2 N–H and O–H groups in total. The monoisotopic (exact) mass is 261 g/mol. The summed E-state index contributed by atoms with van der Waals surface area (Å²) in [6, 6.07) is 1.69. The van der Waals surface area contributed by atoms with Crippen molar-refractivity contribution in [1.82, 2.24) is 5.32 Å². The number of carbonyl (C=O) groups excluding carboxylic acids is 1. The van der Waals surface area contributed by atoms with Gasteiger partial charge in [0.1, 0.15) is 4.88 Å². The van der Waals surface area contributed by atoms with E-state index in [-0.39, 0.29) is 24.5 Å². The van der Waals surface area contributed by atoms with Crippen LogP contribution in [0, 0.1) is 5.92 Å². The minimum Gasteiger partial charge on any atom is -0.396 e. The molecule has 5 heteroatoms. The smallest absolute Gasteiger partial charge is 0.263 e. The fourth-order valence-corrected chi connectivity index (χ4v) is 2.44. The van der Waals surface area contributed by atoms with Crippen molar-refractivity contribution < 1.29 is 9.90 Å². The summed E-state index contributed by atoms with van der Waals surface area (Å²) in [6.45, 7) is 4.09. The quantitative estimate of drug-likeness (QED) is 0.856. The number of aliphatic hydroxyl groups is 1. The number of hydrogen-bond acceptors (Lipinski definition) is 3. The number of carbonyl (C=O) groups is 1. The van der Waals surface area contributed by atoms with Crippen LogP contribution in [0.5, 0.6) is 0 Å². The van der Waals surface area contributed by atoms with Crippen LogP contribution in [0.15, 0.2) is 11.4 Å². The van der Waals surface area contributed by atoms with E-state index in [0.717, 1.165) is 0 Å². The molecule has 1 aromatic rings. The molecule has 0 saturated heterocycles. The van der Waals surface area contributed by atoms with Crippen molar-refractivity contribution >= 4 is 28.8 Å². The SMILES string of the molecule is CC(C)C(CCO)NC(=O)c1sccc1Cl. The van der Waals surface area contributed by atoms with Gasteiger partial charge in [-0.3, -0.25) is 4.79 Å². The highest BCUT2D eigenvalue weighted by Gasteiger charge is 2.18. The average Bonchev–Trinajstić information content (AvgIpc) is 2.63. The van der Waals surface area contributed by atoms with Gasteiger partial charge < -0.3 is 10.4 Å². The summed E-state index contributed by atoms with van der Waals surface area (Å²) in [5.74, 6) is 0.127. The van der Waals surface area contributed by atoms with Crippen LogP contribution in [0.3, 0.4) is 0 Å². The van der Waals surface area contributed by atoms with Gasteiger partial charge in [0.2, 0.25) is 0 Å². The number of halogens is 1. The number of hydrogen-bond donors (Lipinski definition) is 2. The van der Waals surface area contributed by atoms with Gasteiger partial charge in [0.25, 0.3) is 5.91 Å². The molecule has 0 aromatic carbocycles. The van der Waals surface area contributed by atoms with Crippen LogP contribution in [-0.2, 0) is 0 Å². The summed E-state index contributed by atoms with van der Waals surface area (Å²) in [5, 5.41) is 14.1. The Kier molecular flexibility index (Phi) is 5.25. The molecule has 16 heavy (non-hydrogen) atoms. The fourth-order valence-electron chi connectivity index (χ4n) is 1.40. The van der Waals surface area contributed by atoms with Gasteiger partial charge in [-0.05, 0) is 23.8 Å². The molecule has 3 nitrogen and oxygen atoms in total. The number of aliphatic hydroxyl groups excluding tert-OH is 1. The zero-order valence-corrected chi connectivity index (χ0v) is 10.9. The van der Waals surface area contributed by atoms with E-state index in [1.54, 1.807) is 11.4 Å². The van der Waals surface area contributed by atoms with Crippen molar-refractivity contribution in [2.75, 3.05) is 6.61 Å². The zero-order valence-electron chi connectivity index (χ0n) is 9.37. The summed E-state index contributed by atoms with van der Waals surface area (Å²) >= 11 is 7.20. The molecule has 1 rings (SSSR count). The molecule has 1 atom stereocenters. The van der Waals surface area contributed by atoms with Gasteiger partial charge in [-0.25, -0.2) is 0 Å². The molecule has 1 heterocycles. The van der Waals surface area contributed by atoms with Crippen molar-refractivity contribution in [2.45, 2.75) is 26.3 Å². The lowest BCUT2D eigenvalue weighted by Gasteiger charge is -2.21.